The Morgan fingerprint density at radius 3 is 1.37 bits per heavy atom. The minimum absolute atomic E-state index is 0.00809. The first kappa shape index (κ1) is 56.7. The van der Waals surface area contributed by atoms with E-state index in [0.29, 0.717) is 17.4 Å². The number of likely N-dealkylation sites (N-methyl/N-ethyl adjacent to an activating group) is 1. The molecule has 2 unspecified atom stereocenters. The Morgan fingerprint density at radius 2 is 0.949 bits per heavy atom. The molecule has 0 radical (unpaired) electrons. The maximum atomic E-state index is 12.6. The molecule has 0 heterocycles. The van der Waals surface area contributed by atoms with Crippen LogP contribution in [0.2, 0.25) is 0 Å². The van der Waals surface area contributed by atoms with E-state index in [-0.39, 0.29) is 26.1 Å². The molecular formula is C49H89NO8P+. The highest BCUT2D eigenvalue weighted by Crippen LogP contribution is 2.43. The van der Waals surface area contributed by atoms with Crippen LogP contribution in [0.4, 0.5) is 0 Å². The van der Waals surface area contributed by atoms with Crippen molar-refractivity contribution in [2.75, 3.05) is 47.5 Å². The van der Waals surface area contributed by atoms with Gasteiger partial charge in [-0.05, 0) is 38.5 Å². The number of carbonyl (C=O) groups is 2. The summed E-state index contributed by atoms with van der Waals surface area (Å²) in [7, 11) is 1.42. The van der Waals surface area contributed by atoms with E-state index in [9.17, 15) is 19.0 Å². The smallest absolute Gasteiger partial charge is 0.462 e. The van der Waals surface area contributed by atoms with Crippen molar-refractivity contribution in [1.82, 2.24) is 0 Å². The highest BCUT2D eigenvalue weighted by molar-refractivity contribution is 7.47. The number of phosphoric ester groups is 1. The van der Waals surface area contributed by atoms with E-state index in [2.05, 4.69) is 56.4 Å². The van der Waals surface area contributed by atoms with Crippen molar-refractivity contribution in [3.05, 3.63) is 60.8 Å². The monoisotopic (exact) mass is 851 g/mol. The van der Waals surface area contributed by atoms with Crippen LogP contribution in [0.5, 0.6) is 0 Å². The third kappa shape index (κ3) is 45.1. The van der Waals surface area contributed by atoms with Crippen LogP contribution in [0.15, 0.2) is 60.8 Å². The van der Waals surface area contributed by atoms with Crippen molar-refractivity contribution in [3.8, 4) is 0 Å². The predicted molar refractivity (Wildman–Crippen MR) is 247 cm³/mol. The van der Waals surface area contributed by atoms with E-state index < -0.39 is 32.5 Å². The molecule has 0 aromatic carbocycles. The summed E-state index contributed by atoms with van der Waals surface area (Å²) in [5.41, 5.74) is 0. The molecule has 0 amide bonds. The van der Waals surface area contributed by atoms with Crippen molar-refractivity contribution in [1.29, 1.82) is 0 Å². The first-order valence-corrected chi connectivity index (χ1v) is 25.0. The Kier molecular flexibility index (Phi) is 39.5. The maximum absolute atomic E-state index is 12.6. The molecule has 0 bridgehead atoms. The van der Waals surface area contributed by atoms with Crippen molar-refractivity contribution < 1.29 is 42.1 Å². The molecule has 0 aliphatic rings. The zero-order chi connectivity index (χ0) is 43.6. The van der Waals surface area contributed by atoms with Crippen molar-refractivity contribution >= 4 is 19.8 Å². The molecule has 0 aliphatic carbocycles. The fourth-order valence-corrected chi connectivity index (χ4v) is 6.95. The largest absolute Gasteiger partial charge is 0.472 e. The fraction of sp³-hybridized carbons (Fsp3) is 0.755. The summed E-state index contributed by atoms with van der Waals surface area (Å²) in [5, 5.41) is 0. The lowest BCUT2D eigenvalue weighted by Gasteiger charge is -2.24. The Bertz CT molecular complexity index is 1190. The van der Waals surface area contributed by atoms with Crippen LogP contribution < -0.4 is 0 Å². The lowest BCUT2D eigenvalue weighted by Crippen LogP contribution is -2.37. The summed E-state index contributed by atoms with van der Waals surface area (Å²) < 4.78 is 34.2. The molecule has 1 N–H and O–H groups in total. The van der Waals surface area contributed by atoms with Gasteiger partial charge < -0.3 is 18.9 Å². The molecule has 0 aliphatic heterocycles. The standard InChI is InChI=1S/C49H88NO8P/c1-6-8-10-12-14-16-18-20-22-23-24-25-26-28-29-31-33-35-37-39-41-48(51)55-45-47(46-57-59(53,54)56-44-43-50(3,4)5)58-49(52)42-40-38-36-34-32-30-27-21-19-17-15-13-11-9-7-2/h9,11,15,17,21,27,32,34,38,40,47H,6-8,10,12-14,16,18-20,22-26,28-31,33,35-37,39,41-46H2,1-5H3/p+1/b11-9-,17-15-,27-21-,34-32-,40-38-. The van der Waals surface area contributed by atoms with Crippen molar-refractivity contribution in [2.45, 2.75) is 193 Å². The molecule has 10 heteroatoms. The van der Waals surface area contributed by atoms with Gasteiger partial charge in [-0.15, -0.1) is 0 Å². The number of nitrogens with zero attached hydrogens (tertiary/aromatic N) is 1. The van der Waals surface area contributed by atoms with Crippen molar-refractivity contribution in [2.24, 2.45) is 0 Å². The quantitative estimate of drug-likeness (QED) is 0.0213. The van der Waals surface area contributed by atoms with Crippen LogP contribution in [0.25, 0.3) is 0 Å². The van der Waals surface area contributed by atoms with Gasteiger partial charge in [0.05, 0.1) is 34.2 Å². The summed E-state index contributed by atoms with van der Waals surface area (Å²) in [4.78, 5) is 35.3. The summed E-state index contributed by atoms with van der Waals surface area (Å²) in [6, 6.07) is 0. The number of allylic oxidation sites excluding steroid dienone is 9. The topological polar surface area (TPSA) is 108 Å². The summed E-state index contributed by atoms with van der Waals surface area (Å²) in [6.07, 6.45) is 50.2. The summed E-state index contributed by atoms with van der Waals surface area (Å²) in [5.74, 6) is -0.943. The third-order valence-corrected chi connectivity index (χ3v) is 10.8. The molecule has 0 rings (SSSR count). The number of phosphoric acid groups is 1. The van der Waals surface area contributed by atoms with E-state index in [0.717, 1.165) is 44.9 Å². The van der Waals surface area contributed by atoms with Crippen LogP contribution in [0, 0.1) is 0 Å². The Labute approximate surface area is 362 Å². The minimum Gasteiger partial charge on any atom is -0.462 e. The van der Waals surface area contributed by atoms with Crippen LogP contribution in [0.3, 0.4) is 0 Å². The molecule has 0 fully saturated rings. The number of unbranched alkanes of at least 4 members (excludes halogenated alkanes) is 19. The maximum Gasteiger partial charge on any atom is 0.472 e. The second kappa shape index (κ2) is 41.1. The van der Waals surface area contributed by atoms with Crippen LogP contribution in [0.1, 0.15) is 187 Å². The second-order valence-electron chi connectivity index (χ2n) is 16.8. The minimum atomic E-state index is -4.40. The molecule has 0 spiro atoms. The molecular weight excluding hydrogens is 762 g/mol. The zero-order valence-corrected chi connectivity index (χ0v) is 39.4. The molecule has 0 saturated heterocycles. The number of hydrogen-bond donors (Lipinski definition) is 1. The molecule has 0 saturated carbocycles. The Balaban J connectivity index is 4.37. The SMILES string of the molecule is CC/C=C\C/C=C\C/C=C\C/C=C\C/C=C\CC(=O)OC(COC(=O)CCCCCCCCCCCCCCCCCCCCCC)COP(=O)(O)OCC[N+](C)(C)C. The number of esters is 2. The summed E-state index contributed by atoms with van der Waals surface area (Å²) in [6.45, 7) is 4.21. The van der Waals surface area contributed by atoms with E-state index in [4.69, 9.17) is 18.5 Å². The van der Waals surface area contributed by atoms with Gasteiger partial charge in [-0.3, -0.25) is 18.6 Å². The highest BCUT2D eigenvalue weighted by atomic mass is 31.2. The van der Waals surface area contributed by atoms with Crippen LogP contribution >= 0.6 is 7.82 Å². The number of quaternary nitrogens is 1. The average molecular weight is 851 g/mol. The zero-order valence-electron chi connectivity index (χ0n) is 38.5. The van der Waals surface area contributed by atoms with Gasteiger partial charge in [0.15, 0.2) is 6.10 Å². The average Bonchev–Trinajstić information content (AvgIpc) is 3.19. The first-order valence-electron chi connectivity index (χ1n) is 23.5. The number of hydrogen-bond acceptors (Lipinski definition) is 7. The van der Waals surface area contributed by atoms with E-state index in [1.54, 1.807) is 6.08 Å². The summed E-state index contributed by atoms with van der Waals surface area (Å²) >= 11 is 0. The Hall–Kier alpha value is -2.29. The van der Waals surface area contributed by atoms with Crippen LogP contribution in [-0.4, -0.2) is 74.9 Å². The van der Waals surface area contributed by atoms with Crippen molar-refractivity contribution in [3.63, 3.8) is 0 Å². The lowest BCUT2D eigenvalue weighted by molar-refractivity contribution is -0.870. The van der Waals surface area contributed by atoms with E-state index >= 15 is 0 Å². The van der Waals surface area contributed by atoms with Gasteiger partial charge >= 0.3 is 19.8 Å². The fourth-order valence-electron chi connectivity index (χ4n) is 6.21. The number of rotatable bonds is 42. The number of ether oxygens (including phenoxy) is 2. The van der Waals surface area contributed by atoms with Gasteiger partial charge in [0.1, 0.15) is 19.8 Å². The molecule has 342 valence electrons. The molecule has 0 aromatic rings. The third-order valence-electron chi connectivity index (χ3n) is 9.85. The van der Waals surface area contributed by atoms with E-state index in [1.165, 1.54) is 109 Å². The second-order valence-corrected chi connectivity index (χ2v) is 18.2. The number of carbonyl (C=O) groups excluding carboxylic acids is 2. The molecule has 59 heavy (non-hydrogen) atoms. The van der Waals surface area contributed by atoms with Gasteiger partial charge in [0.2, 0.25) is 0 Å². The van der Waals surface area contributed by atoms with Gasteiger partial charge in [0.25, 0.3) is 0 Å². The van der Waals surface area contributed by atoms with Crippen LogP contribution in [-0.2, 0) is 32.7 Å². The van der Waals surface area contributed by atoms with Gasteiger partial charge in [-0.25, -0.2) is 4.57 Å². The Morgan fingerprint density at radius 1 is 0.542 bits per heavy atom. The first-order chi connectivity index (χ1) is 28.5. The lowest BCUT2D eigenvalue weighted by atomic mass is 10.0. The predicted octanol–water partition coefficient (Wildman–Crippen LogP) is 13.6. The molecule has 0 aromatic heterocycles. The highest BCUT2D eigenvalue weighted by Gasteiger charge is 2.27. The van der Waals surface area contributed by atoms with Gasteiger partial charge in [-0.2, -0.15) is 0 Å². The van der Waals surface area contributed by atoms with E-state index in [1.807, 2.05) is 33.3 Å². The molecule has 9 nitrogen and oxygen atoms in total. The normalized spacial score (nSPS) is 14.1. The molecule has 2 atom stereocenters. The van der Waals surface area contributed by atoms with Gasteiger partial charge in [0, 0.05) is 6.42 Å². The van der Waals surface area contributed by atoms with Gasteiger partial charge in [-0.1, -0.05) is 197 Å².